The highest BCUT2D eigenvalue weighted by atomic mass is 127. The minimum absolute atomic E-state index is 0. The lowest BCUT2D eigenvalue weighted by molar-refractivity contribution is -0.385. The number of hydrogen-bond acceptors (Lipinski definition) is 4. The number of rotatable bonds is 6. The van der Waals surface area contributed by atoms with Crippen LogP contribution in [0.5, 0.6) is 0 Å². The molecular formula is C16H23F3IN5O2. The summed E-state index contributed by atoms with van der Waals surface area (Å²) < 4.78 is 37.4. The molecule has 2 rings (SSSR count). The number of guanidine groups is 1. The molecule has 11 heteroatoms. The van der Waals surface area contributed by atoms with E-state index in [0.717, 1.165) is 0 Å². The zero-order valence-corrected chi connectivity index (χ0v) is 17.2. The predicted molar refractivity (Wildman–Crippen MR) is 107 cm³/mol. The van der Waals surface area contributed by atoms with Crippen molar-refractivity contribution >= 4 is 35.6 Å². The van der Waals surface area contributed by atoms with Crippen LogP contribution in [0.25, 0.3) is 0 Å². The fourth-order valence-electron chi connectivity index (χ4n) is 2.85. The minimum Gasteiger partial charge on any atom is -0.357 e. The number of alkyl halides is 3. The van der Waals surface area contributed by atoms with Gasteiger partial charge in [0.25, 0.3) is 5.69 Å². The van der Waals surface area contributed by atoms with Crippen molar-refractivity contribution in [1.82, 2.24) is 15.5 Å². The first-order chi connectivity index (χ1) is 12.3. The standard InChI is InChI=1S/C16H22F3N5O2.HI/c1-2-20-15(21-9-12-5-3-4-6-14(12)24(25)26)22-13-7-8-23(10-13)11-16(17,18)19;/h3-6,13H,2,7-11H2,1H3,(H2,20,21,22);1H. The molecule has 1 aliphatic rings. The van der Waals surface area contributed by atoms with Gasteiger partial charge in [-0.25, -0.2) is 4.99 Å². The van der Waals surface area contributed by atoms with Crippen LogP contribution in [0.4, 0.5) is 18.9 Å². The van der Waals surface area contributed by atoms with Crippen LogP contribution < -0.4 is 10.6 Å². The number of halogens is 4. The summed E-state index contributed by atoms with van der Waals surface area (Å²) in [6.45, 7) is 2.26. The van der Waals surface area contributed by atoms with E-state index in [1.165, 1.54) is 11.0 Å². The van der Waals surface area contributed by atoms with E-state index in [1.54, 1.807) is 18.2 Å². The Morgan fingerprint density at radius 3 is 2.74 bits per heavy atom. The Kier molecular flexibility index (Phi) is 9.22. The molecule has 0 spiro atoms. The monoisotopic (exact) mass is 501 g/mol. The lowest BCUT2D eigenvalue weighted by Gasteiger charge is -2.19. The minimum atomic E-state index is -4.21. The first-order valence-electron chi connectivity index (χ1n) is 8.34. The fourth-order valence-corrected chi connectivity index (χ4v) is 2.85. The van der Waals surface area contributed by atoms with Gasteiger partial charge in [0, 0.05) is 31.7 Å². The summed E-state index contributed by atoms with van der Waals surface area (Å²) in [6, 6.07) is 6.18. The third-order valence-corrected chi connectivity index (χ3v) is 3.96. The van der Waals surface area contributed by atoms with Gasteiger partial charge in [-0.2, -0.15) is 13.2 Å². The van der Waals surface area contributed by atoms with Crippen molar-refractivity contribution in [3.8, 4) is 0 Å². The van der Waals surface area contributed by atoms with Gasteiger partial charge in [0.15, 0.2) is 5.96 Å². The Morgan fingerprint density at radius 2 is 2.11 bits per heavy atom. The first-order valence-corrected chi connectivity index (χ1v) is 8.34. The molecular weight excluding hydrogens is 478 g/mol. The number of nitrogens with one attached hydrogen (secondary N) is 2. The van der Waals surface area contributed by atoms with E-state index in [-0.39, 0.29) is 48.8 Å². The molecule has 0 bridgehead atoms. The molecule has 2 N–H and O–H groups in total. The quantitative estimate of drug-likeness (QED) is 0.206. The van der Waals surface area contributed by atoms with Gasteiger partial charge in [0.2, 0.25) is 0 Å². The Labute approximate surface area is 172 Å². The molecule has 1 fully saturated rings. The molecule has 1 aliphatic heterocycles. The molecule has 152 valence electrons. The van der Waals surface area contributed by atoms with Crippen LogP contribution in [-0.4, -0.2) is 54.2 Å². The zero-order valence-electron chi connectivity index (χ0n) is 14.8. The molecule has 1 aromatic rings. The van der Waals surface area contributed by atoms with Crippen molar-refractivity contribution in [2.45, 2.75) is 32.1 Å². The Morgan fingerprint density at radius 1 is 1.41 bits per heavy atom. The van der Waals surface area contributed by atoms with E-state index in [2.05, 4.69) is 15.6 Å². The van der Waals surface area contributed by atoms with Crippen LogP contribution >= 0.6 is 24.0 Å². The number of nitrogens with zero attached hydrogens (tertiary/aromatic N) is 3. The molecule has 0 saturated carbocycles. The maximum absolute atomic E-state index is 12.5. The molecule has 0 aliphatic carbocycles. The molecule has 1 saturated heterocycles. The molecule has 0 radical (unpaired) electrons. The van der Waals surface area contributed by atoms with Gasteiger partial charge in [-0.3, -0.25) is 15.0 Å². The highest BCUT2D eigenvalue weighted by Gasteiger charge is 2.34. The lowest BCUT2D eigenvalue weighted by atomic mass is 10.2. The van der Waals surface area contributed by atoms with E-state index in [9.17, 15) is 23.3 Å². The summed E-state index contributed by atoms with van der Waals surface area (Å²) in [5.41, 5.74) is 0.462. The maximum Gasteiger partial charge on any atom is 0.401 e. The van der Waals surface area contributed by atoms with Crippen molar-refractivity contribution in [3.05, 3.63) is 39.9 Å². The van der Waals surface area contributed by atoms with Gasteiger partial charge >= 0.3 is 6.18 Å². The summed E-state index contributed by atoms with van der Waals surface area (Å²) in [5, 5.41) is 17.2. The molecule has 27 heavy (non-hydrogen) atoms. The maximum atomic E-state index is 12.5. The number of benzene rings is 1. The summed E-state index contributed by atoms with van der Waals surface area (Å²) in [7, 11) is 0. The average molecular weight is 501 g/mol. The summed E-state index contributed by atoms with van der Waals surface area (Å²) >= 11 is 0. The lowest BCUT2D eigenvalue weighted by Crippen LogP contribution is -2.45. The molecule has 0 aromatic heterocycles. The van der Waals surface area contributed by atoms with E-state index in [0.29, 0.717) is 31.0 Å². The van der Waals surface area contributed by atoms with Crippen LogP contribution in [0, 0.1) is 10.1 Å². The van der Waals surface area contributed by atoms with Crippen LogP contribution in [0.3, 0.4) is 0 Å². The van der Waals surface area contributed by atoms with Crippen molar-refractivity contribution in [3.63, 3.8) is 0 Å². The SMILES string of the molecule is CCNC(=NCc1ccccc1[N+](=O)[O-])NC1CCN(CC(F)(F)F)C1.I. The number of nitro groups is 1. The van der Waals surface area contributed by atoms with Crippen LogP contribution in [0.15, 0.2) is 29.3 Å². The second-order valence-electron chi connectivity index (χ2n) is 6.06. The molecule has 1 heterocycles. The van der Waals surface area contributed by atoms with Crippen LogP contribution in [0.2, 0.25) is 0 Å². The van der Waals surface area contributed by atoms with E-state index < -0.39 is 17.6 Å². The van der Waals surface area contributed by atoms with Gasteiger partial charge in [-0.05, 0) is 13.3 Å². The Hall–Kier alpha value is -1.63. The zero-order chi connectivity index (χ0) is 19.2. The molecule has 7 nitrogen and oxygen atoms in total. The van der Waals surface area contributed by atoms with Crippen molar-refractivity contribution in [2.24, 2.45) is 4.99 Å². The molecule has 1 atom stereocenters. The number of hydrogen-bond donors (Lipinski definition) is 2. The number of nitro benzene ring substituents is 1. The van der Waals surface area contributed by atoms with Crippen LogP contribution in [0.1, 0.15) is 18.9 Å². The summed E-state index contributed by atoms with van der Waals surface area (Å²) in [5.74, 6) is 0.435. The predicted octanol–water partition coefficient (Wildman–Crippen LogP) is 2.90. The Balaban J connectivity index is 0.00000364. The van der Waals surface area contributed by atoms with Crippen LogP contribution in [-0.2, 0) is 6.54 Å². The highest BCUT2D eigenvalue weighted by molar-refractivity contribution is 14.0. The smallest absolute Gasteiger partial charge is 0.357 e. The second kappa shape index (κ2) is 10.6. The van der Waals surface area contributed by atoms with Gasteiger partial charge in [-0.15, -0.1) is 24.0 Å². The second-order valence-corrected chi connectivity index (χ2v) is 6.06. The van der Waals surface area contributed by atoms with Crippen molar-refractivity contribution in [1.29, 1.82) is 0 Å². The largest absolute Gasteiger partial charge is 0.401 e. The average Bonchev–Trinajstić information content (AvgIpc) is 2.98. The summed E-state index contributed by atoms with van der Waals surface area (Å²) in [6.07, 6.45) is -3.63. The number of aliphatic imine (C=N–C) groups is 1. The summed E-state index contributed by atoms with van der Waals surface area (Å²) in [4.78, 5) is 16.3. The van der Waals surface area contributed by atoms with Gasteiger partial charge in [-0.1, -0.05) is 18.2 Å². The first kappa shape index (κ1) is 23.4. The third kappa shape index (κ3) is 7.87. The van der Waals surface area contributed by atoms with E-state index in [1.807, 2.05) is 6.92 Å². The third-order valence-electron chi connectivity index (χ3n) is 3.96. The normalized spacial score (nSPS) is 18.1. The van der Waals surface area contributed by atoms with Crippen molar-refractivity contribution in [2.75, 3.05) is 26.2 Å². The van der Waals surface area contributed by atoms with E-state index in [4.69, 9.17) is 0 Å². The highest BCUT2D eigenvalue weighted by Crippen LogP contribution is 2.20. The van der Waals surface area contributed by atoms with Gasteiger partial charge in [0.1, 0.15) is 0 Å². The number of likely N-dealkylation sites (tertiary alicyclic amines) is 1. The van der Waals surface area contributed by atoms with Crippen molar-refractivity contribution < 1.29 is 18.1 Å². The molecule has 1 unspecified atom stereocenters. The van der Waals surface area contributed by atoms with Gasteiger partial charge in [0.05, 0.1) is 23.6 Å². The fraction of sp³-hybridized carbons (Fsp3) is 0.562. The topological polar surface area (TPSA) is 82.8 Å². The Bertz CT molecular complexity index is 657. The molecule has 0 amide bonds. The van der Waals surface area contributed by atoms with E-state index >= 15 is 0 Å². The van der Waals surface area contributed by atoms with Gasteiger partial charge < -0.3 is 10.6 Å². The molecule has 1 aromatic carbocycles. The number of para-hydroxylation sites is 1.